The van der Waals surface area contributed by atoms with Crippen molar-refractivity contribution in [3.63, 3.8) is 0 Å². The van der Waals surface area contributed by atoms with Crippen LogP contribution in [0.5, 0.6) is 5.75 Å². The number of carbonyl (C=O) groups is 2. The number of anilines is 1. The highest BCUT2D eigenvalue weighted by Gasteiger charge is 2.38. The summed E-state index contributed by atoms with van der Waals surface area (Å²) in [5, 5.41) is 0. The molecule has 0 spiro atoms. The van der Waals surface area contributed by atoms with Crippen LogP contribution in [0.15, 0.2) is 65.5 Å². The number of hydrogen-bond acceptors (Lipinski definition) is 5. The zero-order valence-electron chi connectivity index (χ0n) is 15.2. The van der Waals surface area contributed by atoms with Gasteiger partial charge < -0.3 is 14.4 Å². The Balaban J connectivity index is 2.11. The fraction of sp³-hybridized carbons (Fsp3) is 0.143. The van der Waals surface area contributed by atoms with Crippen LogP contribution in [-0.4, -0.2) is 26.0 Å². The summed E-state index contributed by atoms with van der Waals surface area (Å²) in [5.41, 5.74) is 2.00. The monoisotopic (exact) mass is 367 g/mol. The maximum absolute atomic E-state index is 13.3. The van der Waals surface area contributed by atoms with E-state index >= 15 is 0 Å². The van der Waals surface area contributed by atoms with E-state index in [9.17, 15) is 14.0 Å². The molecule has 0 aromatic heterocycles. The quantitative estimate of drug-likeness (QED) is 0.468. The van der Waals surface area contributed by atoms with Crippen molar-refractivity contribution in [1.82, 2.24) is 0 Å². The Kier molecular flexibility index (Phi) is 5.07. The Morgan fingerprint density at radius 2 is 1.67 bits per heavy atom. The number of rotatable bonds is 4. The minimum Gasteiger partial charge on any atom is -0.497 e. The third kappa shape index (κ3) is 3.46. The molecular formula is C21H18FNO4. The number of benzene rings is 2. The molecule has 6 heteroatoms. The third-order valence-electron chi connectivity index (χ3n) is 4.29. The van der Waals surface area contributed by atoms with Crippen molar-refractivity contribution in [3.8, 4) is 5.75 Å². The van der Waals surface area contributed by atoms with Gasteiger partial charge in [-0.15, -0.1) is 0 Å². The van der Waals surface area contributed by atoms with E-state index in [-0.39, 0.29) is 17.1 Å². The van der Waals surface area contributed by atoms with Gasteiger partial charge in [-0.3, -0.25) is 4.79 Å². The summed E-state index contributed by atoms with van der Waals surface area (Å²) in [4.78, 5) is 26.7. The molecule has 27 heavy (non-hydrogen) atoms. The van der Waals surface area contributed by atoms with E-state index in [1.807, 2.05) is 0 Å². The Bertz CT molecular complexity index is 943. The van der Waals surface area contributed by atoms with E-state index in [1.54, 1.807) is 61.4 Å². The number of ketones is 1. The van der Waals surface area contributed by atoms with Crippen molar-refractivity contribution in [3.05, 3.63) is 76.9 Å². The van der Waals surface area contributed by atoms with Gasteiger partial charge in [0.05, 0.1) is 19.9 Å². The molecule has 0 bridgehead atoms. The zero-order chi connectivity index (χ0) is 19.6. The first kappa shape index (κ1) is 18.4. The Morgan fingerprint density at radius 1 is 1.04 bits per heavy atom. The Morgan fingerprint density at radius 3 is 2.22 bits per heavy atom. The average Bonchev–Trinajstić information content (AvgIpc) is 2.92. The highest BCUT2D eigenvalue weighted by Crippen LogP contribution is 2.35. The summed E-state index contributed by atoms with van der Waals surface area (Å²) < 4.78 is 23.2. The summed E-state index contributed by atoms with van der Waals surface area (Å²) in [7, 11) is 2.80. The second-order valence-electron chi connectivity index (χ2n) is 5.90. The standard InChI is InChI=1S/C21H18FNO4/c1-13-19(21(25)27-3)20(24)18(12-14-4-10-17(26-2)11-5-14)23(13)16-8-6-15(22)7-9-16/h4-12H,1-3H3/b18-12+. The maximum Gasteiger partial charge on any atom is 0.343 e. The number of Topliss-reactive ketones (excluding diaryl/α,β-unsaturated/α-hetero) is 1. The Hall–Kier alpha value is -3.41. The van der Waals surface area contributed by atoms with Crippen LogP contribution in [0.1, 0.15) is 12.5 Å². The summed E-state index contributed by atoms with van der Waals surface area (Å²) in [6.07, 6.45) is 1.67. The molecule has 5 nitrogen and oxygen atoms in total. The average molecular weight is 367 g/mol. The normalized spacial score (nSPS) is 15.5. The van der Waals surface area contributed by atoms with Crippen LogP contribution >= 0.6 is 0 Å². The van der Waals surface area contributed by atoms with Gasteiger partial charge in [0.25, 0.3) is 0 Å². The van der Waals surface area contributed by atoms with E-state index < -0.39 is 11.8 Å². The van der Waals surface area contributed by atoms with Gasteiger partial charge in [-0.2, -0.15) is 0 Å². The van der Waals surface area contributed by atoms with Crippen molar-refractivity contribution in [2.24, 2.45) is 0 Å². The molecule has 2 aromatic rings. The molecule has 0 fully saturated rings. The predicted molar refractivity (Wildman–Crippen MR) is 99.6 cm³/mol. The van der Waals surface area contributed by atoms with Gasteiger partial charge in [-0.05, 0) is 55.0 Å². The first-order valence-electron chi connectivity index (χ1n) is 8.21. The Labute approximate surface area is 156 Å². The van der Waals surface area contributed by atoms with Crippen molar-refractivity contribution in [1.29, 1.82) is 0 Å². The number of hydrogen-bond donors (Lipinski definition) is 0. The lowest BCUT2D eigenvalue weighted by Crippen LogP contribution is -2.18. The molecule has 0 atom stereocenters. The molecule has 0 amide bonds. The lowest BCUT2D eigenvalue weighted by Gasteiger charge is -2.21. The summed E-state index contributed by atoms with van der Waals surface area (Å²) in [5.74, 6) is -0.850. The third-order valence-corrected chi connectivity index (χ3v) is 4.29. The molecule has 0 aliphatic carbocycles. The minimum absolute atomic E-state index is 0.0402. The first-order chi connectivity index (χ1) is 13.0. The summed E-state index contributed by atoms with van der Waals surface area (Å²) in [6, 6.07) is 12.8. The van der Waals surface area contributed by atoms with Crippen LogP contribution in [0.25, 0.3) is 6.08 Å². The highest BCUT2D eigenvalue weighted by molar-refractivity contribution is 6.30. The molecule has 0 saturated heterocycles. The molecule has 1 aliphatic heterocycles. The molecular weight excluding hydrogens is 349 g/mol. The molecule has 0 radical (unpaired) electrons. The van der Waals surface area contributed by atoms with Crippen molar-refractivity contribution >= 4 is 23.5 Å². The van der Waals surface area contributed by atoms with Gasteiger partial charge in [0.15, 0.2) is 0 Å². The largest absolute Gasteiger partial charge is 0.497 e. The molecule has 2 aromatic carbocycles. The van der Waals surface area contributed by atoms with E-state index in [0.29, 0.717) is 17.1 Å². The number of carbonyl (C=O) groups excluding carboxylic acids is 2. The lowest BCUT2D eigenvalue weighted by molar-refractivity contribution is -0.137. The molecule has 0 saturated carbocycles. The van der Waals surface area contributed by atoms with Gasteiger partial charge in [0, 0.05) is 11.4 Å². The fourth-order valence-electron chi connectivity index (χ4n) is 2.94. The van der Waals surface area contributed by atoms with E-state index in [1.165, 1.54) is 19.2 Å². The van der Waals surface area contributed by atoms with E-state index in [0.717, 1.165) is 5.56 Å². The number of methoxy groups -OCH3 is 2. The van der Waals surface area contributed by atoms with Crippen molar-refractivity contribution in [2.45, 2.75) is 6.92 Å². The molecule has 138 valence electrons. The van der Waals surface area contributed by atoms with Crippen molar-refractivity contribution < 1.29 is 23.5 Å². The van der Waals surface area contributed by atoms with Gasteiger partial charge in [0.1, 0.15) is 17.1 Å². The number of nitrogens with zero attached hydrogens (tertiary/aromatic N) is 1. The van der Waals surface area contributed by atoms with Gasteiger partial charge >= 0.3 is 5.97 Å². The van der Waals surface area contributed by atoms with Crippen LogP contribution in [0, 0.1) is 5.82 Å². The number of ether oxygens (including phenoxy) is 2. The van der Waals surface area contributed by atoms with E-state index in [4.69, 9.17) is 9.47 Å². The highest BCUT2D eigenvalue weighted by atomic mass is 19.1. The second-order valence-corrected chi connectivity index (χ2v) is 5.90. The molecule has 0 N–H and O–H groups in total. The number of esters is 1. The zero-order valence-corrected chi connectivity index (χ0v) is 15.2. The molecule has 1 aliphatic rings. The van der Waals surface area contributed by atoms with Crippen molar-refractivity contribution in [2.75, 3.05) is 19.1 Å². The van der Waals surface area contributed by atoms with Gasteiger partial charge in [-0.25, -0.2) is 9.18 Å². The lowest BCUT2D eigenvalue weighted by atomic mass is 10.1. The van der Waals surface area contributed by atoms with Crippen LogP contribution in [-0.2, 0) is 14.3 Å². The second kappa shape index (κ2) is 7.45. The topological polar surface area (TPSA) is 55.8 Å². The molecule has 0 unspecified atom stereocenters. The number of halogens is 1. The number of allylic oxidation sites excluding steroid dienone is 2. The van der Waals surface area contributed by atoms with Gasteiger partial charge in [0.2, 0.25) is 5.78 Å². The van der Waals surface area contributed by atoms with Crippen LogP contribution in [0.2, 0.25) is 0 Å². The minimum atomic E-state index is -0.706. The summed E-state index contributed by atoms with van der Waals surface area (Å²) in [6.45, 7) is 1.66. The SMILES string of the molecule is COC(=O)C1=C(C)N(c2ccc(F)cc2)/C(=C/c2ccc(OC)cc2)C1=O. The fourth-order valence-corrected chi connectivity index (χ4v) is 2.94. The molecule has 3 rings (SSSR count). The first-order valence-corrected chi connectivity index (χ1v) is 8.21. The predicted octanol–water partition coefficient (Wildman–Crippen LogP) is 3.71. The van der Waals surface area contributed by atoms with Crippen LogP contribution in [0.4, 0.5) is 10.1 Å². The molecule has 1 heterocycles. The smallest absolute Gasteiger partial charge is 0.343 e. The summed E-state index contributed by atoms with van der Waals surface area (Å²) >= 11 is 0. The van der Waals surface area contributed by atoms with Crippen LogP contribution in [0.3, 0.4) is 0 Å². The van der Waals surface area contributed by atoms with Crippen LogP contribution < -0.4 is 9.64 Å². The van der Waals surface area contributed by atoms with E-state index in [2.05, 4.69) is 0 Å². The van der Waals surface area contributed by atoms with Gasteiger partial charge in [-0.1, -0.05) is 12.1 Å². The maximum atomic E-state index is 13.3.